The summed E-state index contributed by atoms with van der Waals surface area (Å²) < 4.78 is 5.08. The standard InChI is InChI=1S/C19H21ClN2O3/c1-14(23)22(12-11-15-3-5-16(20)6-4-15)13-19(24)21-17-7-9-18(25-2)10-8-17/h3-10H,11-13H2,1-2H3,(H,21,24). The predicted molar refractivity (Wildman–Crippen MR) is 99.0 cm³/mol. The Morgan fingerprint density at radius 2 is 1.72 bits per heavy atom. The molecule has 0 saturated carbocycles. The smallest absolute Gasteiger partial charge is 0.243 e. The lowest BCUT2D eigenvalue weighted by molar-refractivity contribution is -0.132. The van der Waals surface area contributed by atoms with Gasteiger partial charge in [0, 0.05) is 24.2 Å². The normalized spacial score (nSPS) is 10.2. The second-order valence-corrected chi connectivity index (χ2v) is 6.03. The van der Waals surface area contributed by atoms with Gasteiger partial charge in [-0.2, -0.15) is 0 Å². The monoisotopic (exact) mass is 360 g/mol. The van der Waals surface area contributed by atoms with Crippen molar-refractivity contribution < 1.29 is 14.3 Å². The van der Waals surface area contributed by atoms with Crippen LogP contribution in [0.15, 0.2) is 48.5 Å². The third-order valence-corrected chi connectivity index (χ3v) is 3.99. The summed E-state index contributed by atoms with van der Waals surface area (Å²) in [6, 6.07) is 14.5. The van der Waals surface area contributed by atoms with Gasteiger partial charge in [0.1, 0.15) is 5.75 Å². The summed E-state index contributed by atoms with van der Waals surface area (Å²) in [5.74, 6) is 0.335. The van der Waals surface area contributed by atoms with Crippen LogP contribution in [-0.4, -0.2) is 36.9 Å². The first kappa shape index (κ1) is 18.8. The molecule has 0 radical (unpaired) electrons. The molecule has 2 rings (SSSR count). The molecule has 5 nitrogen and oxygen atoms in total. The molecular weight excluding hydrogens is 340 g/mol. The maximum Gasteiger partial charge on any atom is 0.243 e. The quantitative estimate of drug-likeness (QED) is 0.823. The Morgan fingerprint density at radius 3 is 2.28 bits per heavy atom. The molecule has 2 amide bonds. The van der Waals surface area contributed by atoms with Crippen LogP contribution in [-0.2, 0) is 16.0 Å². The van der Waals surface area contributed by atoms with Gasteiger partial charge in [-0.1, -0.05) is 23.7 Å². The van der Waals surface area contributed by atoms with Crippen LogP contribution in [0.3, 0.4) is 0 Å². The fourth-order valence-corrected chi connectivity index (χ4v) is 2.44. The summed E-state index contributed by atoms with van der Waals surface area (Å²) in [5.41, 5.74) is 1.72. The van der Waals surface area contributed by atoms with Gasteiger partial charge in [-0.15, -0.1) is 0 Å². The summed E-state index contributed by atoms with van der Waals surface area (Å²) in [6.07, 6.45) is 0.659. The van der Waals surface area contributed by atoms with Crippen LogP contribution in [0.5, 0.6) is 5.75 Å². The van der Waals surface area contributed by atoms with Crippen LogP contribution in [0.4, 0.5) is 5.69 Å². The maximum absolute atomic E-state index is 12.2. The summed E-state index contributed by atoms with van der Waals surface area (Å²) >= 11 is 5.86. The molecule has 132 valence electrons. The highest BCUT2D eigenvalue weighted by atomic mass is 35.5. The van der Waals surface area contributed by atoms with Crippen molar-refractivity contribution in [2.24, 2.45) is 0 Å². The van der Waals surface area contributed by atoms with Gasteiger partial charge >= 0.3 is 0 Å². The maximum atomic E-state index is 12.2. The van der Waals surface area contributed by atoms with Gasteiger partial charge in [-0.25, -0.2) is 0 Å². The number of amides is 2. The number of hydrogen-bond acceptors (Lipinski definition) is 3. The lowest BCUT2D eigenvalue weighted by Gasteiger charge is -2.20. The van der Waals surface area contributed by atoms with E-state index in [0.717, 1.165) is 5.56 Å². The Morgan fingerprint density at radius 1 is 1.08 bits per heavy atom. The van der Waals surface area contributed by atoms with Gasteiger partial charge in [0.05, 0.1) is 13.7 Å². The van der Waals surface area contributed by atoms with Crippen molar-refractivity contribution in [2.75, 3.05) is 25.5 Å². The molecule has 0 aromatic heterocycles. The first-order chi connectivity index (χ1) is 12.0. The number of nitrogens with zero attached hydrogens (tertiary/aromatic N) is 1. The lowest BCUT2D eigenvalue weighted by Crippen LogP contribution is -2.37. The van der Waals surface area contributed by atoms with E-state index in [2.05, 4.69) is 5.32 Å². The molecule has 0 atom stereocenters. The molecule has 6 heteroatoms. The highest BCUT2D eigenvalue weighted by Gasteiger charge is 2.14. The molecule has 2 aromatic rings. The average molecular weight is 361 g/mol. The molecule has 0 bridgehead atoms. The van der Waals surface area contributed by atoms with E-state index in [0.29, 0.717) is 29.4 Å². The van der Waals surface area contributed by atoms with Crippen molar-refractivity contribution in [3.8, 4) is 5.75 Å². The zero-order valence-electron chi connectivity index (χ0n) is 14.3. The fourth-order valence-electron chi connectivity index (χ4n) is 2.31. The van der Waals surface area contributed by atoms with Gasteiger partial charge in [0.15, 0.2) is 0 Å². The molecule has 0 spiro atoms. The van der Waals surface area contributed by atoms with Gasteiger partial charge in [-0.05, 0) is 48.4 Å². The van der Waals surface area contributed by atoms with Crippen LogP contribution >= 0.6 is 11.6 Å². The highest BCUT2D eigenvalue weighted by molar-refractivity contribution is 6.30. The second kappa shape index (κ2) is 9.08. The van der Waals surface area contributed by atoms with Crippen molar-refractivity contribution in [1.29, 1.82) is 0 Å². The molecule has 0 aliphatic heterocycles. The second-order valence-electron chi connectivity index (χ2n) is 5.59. The lowest BCUT2D eigenvalue weighted by atomic mass is 10.1. The average Bonchev–Trinajstić information content (AvgIpc) is 2.60. The van der Waals surface area contributed by atoms with E-state index < -0.39 is 0 Å². The number of halogens is 1. The Balaban J connectivity index is 1.89. The summed E-state index contributed by atoms with van der Waals surface area (Å²) in [6.45, 7) is 1.93. The zero-order chi connectivity index (χ0) is 18.2. The first-order valence-corrected chi connectivity index (χ1v) is 8.29. The Labute approximate surface area is 152 Å². The summed E-state index contributed by atoms with van der Waals surface area (Å²) in [7, 11) is 1.58. The third kappa shape index (κ3) is 6.12. The molecule has 25 heavy (non-hydrogen) atoms. The number of nitrogens with one attached hydrogen (secondary N) is 1. The number of methoxy groups -OCH3 is 1. The third-order valence-electron chi connectivity index (χ3n) is 3.74. The first-order valence-electron chi connectivity index (χ1n) is 7.92. The van der Waals surface area contributed by atoms with Crippen LogP contribution in [0.1, 0.15) is 12.5 Å². The molecule has 0 heterocycles. The summed E-state index contributed by atoms with van der Waals surface area (Å²) in [4.78, 5) is 25.5. The summed E-state index contributed by atoms with van der Waals surface area (Å²) in [5, 5.41) is 3.45. The van der Waals surface area contributed by atoms with Crippen LogP contribution in [0, 0.1) is 0 Å². The minimum absolute atomic E-state index is 0.00888. The number of carbonyl (C=O) groups is 2. The number of benzene rings is 2. The van der Waals surface area contributed by atoms with Gasteiger partial charge in [-0.3, -0.25) is 9.59 Å². The number of rotatable bonds is 7. The number of anilines is 1. The van der Waals surface area contributed by atoms with Crippen LogP contribution in [0.2, 0.25) is 5.02 Å². The fraction of sp³-hybridized carbons (Fsp3) is 0.263. The molecule has 0 aliphatic carbocycles. The van der Waals surface area contributed by atoms with E-state index in [1.807, 2.05) is 24.3 Å². The Hall–Kier alpha value is -2.53. The van der Waals surface area contributed by atoms with E-state index in [9.17, 15) is 9.59 Å². The molecule has 0 aliphatic rings. The molecule has 0 unspecified atom stereocenters. The zero-order valence-corrected chi connectivity index (χ0v) is 15.0. The Kier molecular flexibility index (Phi) is 6.83. The van der Waals surface area contributed by atoms with Crippen molar-refractivity contribution in [3.05, 3.63) is 59.1 Å². The molecule has 0 fully saturated rings. The van der Waals surface area contributed by atoms with Crippen LogP contribution in [0.25, 0.3) is 0 Å². The highest BCUT2D eigenvalue weighted by Crippen LogP contribution is 2.15. The molecule has 1 N–H and O–H groups in total. The molecule has 0 saturated heterocycles. The minimum Gasteiger partial charge on any atom is -0.497 e. The van der Waals surface area contributed by atoms with Crippen molar-refractivity contribution in [2.45, 2.75) is 13.3 Å². The predicted octanol–water partition coefficient (Wildman–Crippen LogP) is 3.38. The SMILES string of the molecule is COc1ccc(NC(=O)CN(CCc2ccc(Cl)cc2)C(C)=O)cc1. The topological polar surface area (TPSA) is 58.6 Å². The van der Waals surface area contributed by atoms with Crippen molar-refractivity contribution in [3.63, 3.8) is 0 Å². The van der Waals surface area contributed by atoms with E-state index in [-0.39, 0.29) is 18.4 Å². The van der Waals surface area contributed by atoms with Crippen molar-refractivity contribution in [1.82, 2.24) is 4.90 Å². The van der Waals surface area contributed by atoms with Crippen LogP contribution < -0.4 is 10.1 Å². The minimum atomic E-state index is -0.239. The van der Waals surface area contributed by atoms with Gasteiger partial charge < -0.3 is 15.0 Å². The van der Waals surface area contributed by atoms with E-state index >= 15 is 0 Å². The largest absolute Gasteiger partial charge is 0.497 e. The van der Waals surface area contributed by atoms with E-state index in [1.165, 1.54) is 11.8 Å². The number of hydrogen-bond donors (Lipinski definition) is 1. The van der Waals surface area contributed by atoms with Gasteiger partial charge in [0.2, 0.25) is 11.8 Å². The van der Waals surface area contributed by atoms with Crippen molar-refractivity contribution >= 4 is 29.1 Å². The van der Waals surface area contributed by atoms with E-state index in [4.69, 9.17) is 16.3 Å². The van der Waals surface area contributed by atoms with Gasteiger partial charge in [0.25, 0.3) is 0 Å². The molecular formula is C19H21ClN2O3. The molecule has 2 aromatic carbocycles. The number of ether oxygens (including phenoxy) is 1. The Bertz CT molecular complexity index is 714. The van der Waals surface area contributed by atoms with E-state index in [1.54, 1.807) is 31.4 Å². The number of carbonyl (C=O) groups excluding carboxylic acids is 2.